The summed E-state index contributed by atoms with van der Waals surface area (Å²) in [5, 5.41) is 9.16. The van der Waals surface area contributed by atoms with Gasteiger partial charge in [-0.3, -0.25) is 0 Å². The van der Waals surface area contributed by atoms with Gasteiger partial charge in [-0.1, -0.05) is 55.8 Å². The van der Waals surface area contributed by atoms with Crippen LogP contribution in [0.15, 0.2) is 54.6 Å². The van der Waals surface area contributed by atoms with Crippen LogP contribution in [0.2, 0.25) is 0 Å². The highest BCUT2D eigenvalue weighted by Gasteiger charge is 2.21. The molecule has 114 valence electrons. The van der Waals surface area contributed by atoms with E-state index in [0.717, 1.165) is 12.0 Å². The zero-order valence-electron chi connectivity index (χ0n) is 12.4. The lowest BCUT2D eigenvalue weighted by atomic mass is 10.0. The van der Waals surface area contributed by atoms with Crippen LogP contribution in [0.5, 0.6) is 0 Å². The second-order valence-corrected chi connectivity index (χ2v) is 4.94. The minimum absolute atomic E-state index is 0.0455. The van der Waals surface area contributed by atoms with Crippen LogP contribution in [0, 0.1) is 0 Å². The van der Waals surface area contributed by atoms with Gasteiger partial charge in [0.05, 0.1) is 11.1 Å². The van der Waals surface area contributed by atoms with Crippen LogP contribution in [0.4, 0.5) is 0 Å². The maximum atomic E-state index is 12.3. The number of carboxylic acid groups (broad SMARTS) is 1. The largest absolute Gasteiger partial charge is 0.478 e. The Morgan fingerprint density at radius 2 is 1.59 bits per heavy atom. The van der Waals surface area contributed by atoms with E-state index >= 15 is 0 Å². The number of hydrogen-bond donors (Lipinski definition) is 1. The van der Waals surface area contributed by atoms with Crippen LogP contribution in [-0.4, -0.2) is 17.0 Å². The standard InChI is InChI=1S/C18H18O4/c1-2-8-16(13-9-4-3-5-10-13)22-18(21)15-12-7-6-11-14(15)17(19)20/h3-7,9-12,16H,2,8H2,1H3,(H,19,20)/t16-/m0/s1. The minimum atomic E-state index is -1.14. The molecule has 0 spiro atoms. The Morgan fingerprint density at radius 1 is 1.00 bits per heavy atom. The summed E-state index contributed by atoms with van der Waals surface area (Å²) in [7, 11) is 0. The van der Waals surface area contributed by atoms with Crippen molar-refractivity contribution in [3.63, 3.8) is 0 Å². The van der Waals surface area contributed by atoms with Gasteiger partial charge in [-0.25, -0.2) is 9.59 Å². The van der Waals surface area contributed by atoms with Gasteiger partial charge in [0.15, 0.2) is 0 Å². The lowest BCUT2D eigenvalue weighted by molar-refractivity contribution is 0.0270. The molecule has 0 aliphatic rings. The molecule has 0 aliphatic heterocycles. The topological polar surface area (TPSA) is 63.6 Å². The third-order valence-corrected chi connectivity index (χ3v) is 3.35. The number of carbonyl (C=O) groups is 2. The van der Waals surface area contributed by atoms with E-state index in [2.05, 4.69) is 0 Å². The predicted molar refractivity (Wildman–Crippen MR) is 82.9 cm³/mol. The third kappa shape index (κ3) is 3.73. The Balaban J connectivity index is 2.24. The summed E-state index contributed by atoms with van der Waals surface area (Å²) < 4.78 is 5.55. The van der Waals surface area contributed by atoms with Gasteiger partial charge in [0.1, 0.15) is 6.10 Å². The van der Waals surface area contributed by atoms with Crippen LogP contribution in [0.25, 0.3) is 0 Å². The summed E-state index contributed by atoms with van der Waals surface area (Å²) in [5.41, 5.74) is 0.938. The van der Waals surface area contributed by atoms with Gasteiger partial charge in [0.25, 0.3) is 0 Å². The van der Waals surface area contributed by atoms with Gasteiger partial charge in [-0.05, 0) is 24.1 Å². The highest BCUT2D eigenvalue weighted by molar-refractivity contribution is 6.02. The van der Waals surface area contributed by atoms with Crippen LogP contribution in [-0.2, 0) is 4.74 Å². The summed E-state index contributed by atoms with van der Waals surface area (Å²) in [6.07, 6.45) is 1.17. The number of carboxylic acids is 1. The molecular formula is C18H18O4. The second kappa shape index (κ2) is 7.41. The molecule has 0 saturated carbocycles. The number of ether oxygens (including phenoxy) is 1. The molecule has 2 rings (SSSR count). The molecule has 22 heavy (non-hydrogen) atoms. The molecule has 1 N–H and O–H groups in total. The quantitative estimate of drug-likeness (QED) is 0.816. The molecule has 4 nitrogen and oxygen atoms in total. The number of aromatic carboxylic acids is 1. The van der Waals surface area contributed by atoms with Gasteiger partial charge in [0, 0.05) is 0 Å². The Labute approximate surface area is 129 Å². The fourth-order valence-corrected chi connectivity index (χ4v) is 2.26. The summed E-state index contributed by atoms with van der Waals surface area (Å²) in [5.74, 6) is -1.75. The first-order chi connectivity index (χ1) is 10.6. The molecule has 0 heterocycles. The van der Waals surface area contributed by atoms with Crippen molar-refractivity contribution >= 4 is 11.9 Å². The lowest BCUT2D eigenvalue weighted by Gasteiger charge is -2.18. The van der Waals surface area contributed by atoms with Crippen LogP contribution in [0.3, 0.4) is 0 Å². The first kappa shape index (κ1) is 15.8. The first-order valence-electron chi connectivity index (χ1n) is 7.21. The summed E-state index contributed by atoms with van der Waals surface area (Å²) in [6.45, 7) is 2.01. The predicted octanol–water partition coefficient (Wildman–Crippen LogP) is 4.08. The fraction of sp³-hybridized carbons (Fsp3) is 0.222. The van der Waals surface area contributed by atoms with Gasteiger partial charge in [-0.2, -0.15) is 0 Å². The highest BCUT2D eigenvalue weighted by Crippen LogP contribution is 2.24. The van der Waals surface area contributed by atoms with Crippen molar-refractivity contribution in [3.05, 3.63) is 71.3 Å². The summed E-state index contributed by atoms with van der Waals surface area (Å²) >= 11 is 0. The smallest absolute Gasteiger partial charge is 0.339 e. The molecule has 0 bridgehead atoms. The van der Waals surface area contributed by atoms with E-state index in [4.69, 9.17) is 9.84 Å². The average molecular weight is 298 g/mol. The van der Waals surface area contributed by atoms with E-state index in [-0.39, 0.29) is 17.2 Å². The molecule has 0 radical (unpaired) electrons. The molecule has 0 amide bonds. The first-order valence-corrected chi connectivity index (χ1v) is 7.21. The van der Waals surface area contributed by atoms with E-state index < -0.39 is 11.9 Å². The summed E-state index contributed by atoms with van der Waals surface area (Å²) in [4.78, 5) is 23.5. The van der Waals surface area contributed by atoms with Gasteiger partial charge < -0.3 is 9.84 Å². The monoisotopic (exact) mass is 298 g/mol. The maximum absolute atomic E-state index is 12.3. The van der Waals surface area contributed by atoms with Crippen molar-refractivity contribution in [1.82, 2.24) is 0 Å². The van der Waals surface area contributed by atoms with Gasteiger partial charge >= 0.3 is 11.9 Å². The van der Waals surface area contributed by atoms with E-state index in [1.165, 1.54) is 12.1 Å². The number of esters is 1. The second-order valence-electron chi connectivity index (χ2n) is 4.94. The molecule has 0 aliphatic carbocycles. The fourth-order valence-electron chi connectivity index (χ4n) is 2.26. The van der Waals surface area contributed by atoms with E-state index in [9.17, 15) is 9.59 Å². The SMILES string of the molecule is CCC[C@H](OC(=O)c1ccccc1C(=O)O)c1ccccc1. The van der Waals surface area contributed by atoms with E-state index in [1.807, 2.05) is 37.3 Å². The molecule has 1 atom stereocenters. The average Bonchev–Trinajstić information content (AvgIpc) is 2.55. The Bertz CT molecular complexity index is 649. The lowest BCUT2D eigenvalue weighted by Crippen LogP contribution is -2.15. The Kier molecular flexibility index (Phi) is 5.31. The van der Waals surface area contributed by atoms with E-state index in [0.29, 0.717) is 6.42 Å². The van der Waals surface area contributed by atoms with Gasteiger partial charge in [-0.15, -0.1) is 0 Å². The summed E-state index contributed by atoms with van der Waals surface area (Å²) in [6, 6.07) is 15.5. The molecule has 2 aromatic rings. The Morgan fingerprint density at radius 3 is 2.18 bits per heavy atom. The molecule has 0 unspecified atom stereocenters. The van der Waals surface area contributed by atoms with Crippen LogP contribution < -0.4 is 0 Å². The number of carbonyl (C=O) groups excluding carboxylic acids is 1. The van der Waals surface area contributed by atoms with Gasteiger partial charge in [0.2, 0.25) is 0 Å². The van der Waals surface area contributed by atoms with Crippen molar-refractivity contribution in [1.29, 1.82) is 0 Å². The molecule has 0 aromatic heterocycles. The normalized spacial score (nSPS) is 11.7. The number of benzene rings is 2. The van der Waals surface area contributed by atoms with Crippen LogP contribution in [0.1, 0.15) is 52.1 Å². The third-order valence-electron chi connectivity index (χ3n) is 3.35. The van der Waals surface area contributed by atoms with Crippen molar-refractivity contribution in [2.45, 2.75) is 25.9 Å². The molecular weight excluding hydrogens is 280 g/mol. The zero-order valence-corrected chi connectivity index (χ0v) is 12.4. The minimum Gasteiger partial charge on any atom is -0.478 e. The molecule has 0 fully saturated rings. The van der Waals surface area contributed by atoms with E-state index in [1.54, 1.807) is 12.1 Å². The van der Waals surface area contributed by atoms with Crippen molar-refractivity contribution in [3.8, 4) is 0 Å². The van der Waals surface area contributed by atoms with Crippen molar-refractivity contribution in [2.75, 3.05) is 0 Å². The van der Waals surface area contributed by atoms with Crippen LogP contribution >= 0.6 is 0 Å². The van der Waals surface area contributed by atoms with Crippen molar-refractivity contribution in [2.24, 2.45) is 0 Å². The Hall–Kier alpha value is -2.62. The molecule has 2 aromatic carbocycles. The number of rotatable bonds is 6. The zero-order chi connectivity index (χ0) is 15.9. The molecule has 0 saturated heterocycles. The maximum Gasteiger partial charge on any atom is 0.339 e. The molecule has 4 heteroatoms. The number of hydrogen-bond acceptors (Lipinski definition) is 3. The highest BCUT2D eigenvalue weighted by atomic mass is 16.5. The van der Waals surface area contributed by atoms with Crippen molar-refractivity contribution < 1.29 is 19.4 Å².